The van der Waals surface area contributed by atoms with Gasteiger partial charge in [-0.25, -0.2) is 0 Å². The minimum Gasteiger partial charge on any atom is -0.342 e. The summed E-state index contributed by atoms with van der Waals surface area (Å²) in [6.45, 7) is 18.1. The predicted molar refractivity (Wildman–Crippen MR) is 152 cm³/mol. The SMILES string of the molecule is CCCCCCCC(C)(CCCC)CN(CC)C(=O)CCSCC(C)(CCCC)CCCC. The molecule has 0 fully saturated rings. The smallest absolute Gasteiger partial charge is 0.223 e. The predicted octanol–water partition coefficient (Wildman–Crippen LogP) is 9.90. The summed E-state index contributed by atoms with van der Waals surface area (Å²) in [6.07, 6.45) is 20.3. The fourth-order valence-corrected chi connectivity index (χ4v) is 6.24. The van der Waals surface area contributed by atoms with Crippen molar-refractivity contribution in [3.8, 4) is 0 Å². The summed E-state index contributed by atoms with van der Waals surface area (Å²) in [5, 5.41) is 0. The Balaban J connectivity index is 4.69. The Morgan fingerprint density at radius 1 is 0.667 bits per heavy atom. The van der Waals surface area contributed by atoms with Crippen LogP contribution in [-0.4, -0.2) is 35.4 Å². The zero-order valence-electron chi connectivity index (χ0n) is 23.9. The highest BCUT2D eigenvalue weighted by Crippen LogP contribution is 2.35. The number of carbonyl (C=O) groups is 1. The van der Waals surface area contributed by atoms with Crippen LogP contribution in [0.25, 0.3) is 0 Å². The van der Waals surface area contributed by atoms with Crippen LogP contribution in [0.3, 0.4) is 0 Å². The van der Waals surface area contributed by atoms with Crippen molar-refractivity contribution < 1.29 is 4.79 Å². The van der Waals surface area contributed by atoms with Gasteiger partial charge in [0.15, 0.2) is 0 Å². The van der Waals surface area contributed by atoms with Gasteiger partial charge in [-0.15, -0.1) is 0 Å². The maximum Gasteiger partial charge on any atom is 0.223 e. The number of thioether (sulfide) groups is 1. The molecular weight excluding hydrogens is 422 g/mol. The largest absolute Gasteiger partial charge is 0.342 e. The molecular formula is C30H61NOS. The Kier molecular flexibility index (Phi) is 19.9. The Hall–Kier alpha value is -0.180. The van der Waals surface area contributed by atoms with Crippen LogP contribution < -0.4 is 0 Å². The molecule has 2 nitrogen and oxygen atoms in total. The van der Waals surface area contributed by atoms with E-state index in [-0.39, 0.29) is 5.41 Å². The molecule has 0 aromatic rings. The molecule has 0 heterocycles. The average Bonchev–Trinajstić information content (AvgIpc) is 2.81. The minimum absolute atomic E-state index is 0.278. The van der Waals surface area contributed by atoms with Gasteiger partial charge in [-0.1, -0.05) is 112 Å². The average molecular weight is 484 g/mol. The number of nitrogens with zero attached hydrogens (tertiary/aromatic N) is 1. The lowest BCUT2D eigenvalue weighted by Crippen LogP contribution is -2.40. The highest BCUT2D eigenvalue weighted by Gasteiger charge is 2.28. The van der Waals surface area contributed by atoms with Crippen molar-refractivity contribution in [3.63, 3.8) is 0 Å². The van der Waals surface area contributed by atoms with Crippen LogP contribution in [0.1, 0.15) is 151 Å². The summed E-state index contributed by atoms with van der Waals surface area (Å²) in [7, 11) is 0. The Labute approximate surface area is 213 Å². The molecule has 33 heavy (non-hydrogen) atoms. The second kappa shape index (κ2) is 20.1. The quantitative estimate of drug-likeness (QED) is 0.135. The van der Waals surface area contributed by atoms with Gasteiger partial charge in [0.25, 0.3) is 0 Å². The molecule has 0 spiro atoms. The summed E-state index contributed by atoms with van der Waals surface area (Å²) < 4.78 is 0. The lowest BCUT2D eigenvalue weighted by atomic mass is 9.79. The van der Waals surface area contributed by atoms with Gasteiger partial charge < -0.3 is 4.90 Å². The van der Waals surface area contributed by atoms with E-state index in [1.807, 2.05) is 11.8 Å². The Morgan fingerprint density at radius 3 is 1.67 bits per heavy atom. The molecule has 1 amide bonds. The second-order valence-electron chi connectivity index (χ2n) is 11.3. The maximum atomic E-state index is 13.1. The lowest BCUT2D eigenvalue weighted by molar-refractivity contribution is -0.132. The van der Waals surface area contributed by atoms with E-state index in [4.69, 9.17) is 0 Å². The van der Waals surface area contributed by atoms with E-state index >= 15 is 0 Å². The van der Waals surface area contributed by atoms with Gasteiger partial charge in [-0.05, 0) is 49.2 Å². The summed E-state index contributed by atoms with van der Waals surface area (Å²) in [5.74, 6) is 2.56. The van der Waals surface area contributed by atoms with Crippen molar-refractivity contribution in [3.05, 3.63) is 0 Å². The Morgan fingerprint density at radius 2 is 1.15 bits per heavy atom. The number of hydrogen-bond acceptors (Lipinski definition) is 2. The van der Waals surface area contributed by atoms with Crippen LogP contribution in [0.15, 0.2) is 0 Å². The van der Waals surface area contributed by atoms with Crippen molar-refractivity contribution in [1.29, 1.82) is 0 Å². The minimum atomic E-state index is 0.278. The molecule has 0 aromatic heterocycles. The third-order valence-electron chi connectivity index (χ3n) is 7.50. The zero-order valence-corrected chi connectivity index (χ0v) is 24.7. The van der Waals surface area contributed by atoms with Crippen molar-refractivity contribution >= 4 is 17.7 Å². The van der Waals surface area contributed by atoms with Crippen LogP contribution in [0.5, 0.6) is 0 Å². The number of hydrogen-bond donors (Lipinski definition) is 0. The first-order valence-electron chi connectivity index (χ1n) is 14.6. The zero-order chi connectivity index (χ0) is 25.0. The van der Waals surface area contributed by atoms with Gasteiger partial charge in [-0.2, -0.15) is 11.8 Å². The van der Waals surface area contributed by atoms with Crippen LogP contribution >= 0.6 is 11.8 Å². The van der Waals surface area contributed by atoms with Gasteiger partial charge >= 0.3 is 0 Å². The van der Waals surface area contributed by atoms with E-state index < -0.39 is 0 Å². The van der Waals surface area contributed by atoms with E-state index in [0.29, 0.717) is 17.7 Å². The highest BCUT2D eigenvalue weighted by molar-refractivity contribution is 7.99. The van der Waals surface area contributed by atoms with Gasteiger partial charge in [0.2, 0.25) is 5.91 Å². The fraction of sp³-hybridized carbons (Fsp3) is 0.967. The highest BCUT2D eigenvalue weighted by atomic mass is 32.2. The molecule has 0 aliphatic carbocycles. The first kappa shape index (κ1) is 32.8. The molecule has 3 heteroatoms. The normalized spacial score (nSPS) is 13.8. The molecule has 0 rings (SSSR count). The summed E-state index contributed by atoms with van der Waals surface area (Å²) in [4.78, 5) is 15.3. The molecule has 198 valence electrons. The molecule has 0 aliphatic rings. The topological polar surface area (TPSA) is 20.3 Å². The molecule has 0 saturated heterocycles. The van der Waals surface area contributed by atoms with Gasteiger partial charge in [0, 0.05) is 25.3 Å². The Bertz CT molecular complexity index is 458. The van der Waals surface area contributed by atoms with Crippen molar-refractivity contribution in [2.75, 3.05) is 24.6 Å². The fourth-order valence-electron chi connectivity index (χ4n) is 4.99. The molecule has 0 saturated carbocycles. The molecule has 1 unspecified atom stereocenters. The molecule has 0 radical (unpaired) electrons. The van der Waals surface area contributed by atoms with Gasteiger partial charge in [0.1, 0.15) is 0 Å². The van der Waals surface area contributed by atoms with Crippen LogP contribution in [0.4, 0.5) is 0 Å². The van der Waals surface area contributed by atoms with E-state index in [1.165, 1.54) is 102 Å². The third kappa shape index (κ3) is 16.2. The van der Waals surface area contributed by atoms with E-state index in [0.717, 1.165) is 18.8 Å². The summed E-state index contributed by atoms with van der Waals surface area (Å²) in [5.41, 5.74) is 0.723. The van der Waals surface area contributed by atoms with E-state index in [1.54, 1.807) is 0 Å². The molecule has 0 N–H and O–H groups in total. The molecule has 1 atom stereocenters. The standard InChI is InChI=1S/C30H61NOS/c1-8-13-17-18-19-24-29(6,21-14-9-2)26-31(12-5)28(32)20-25-33-27-30(7,22-15-10-3)23-16-11-4/h8-27H2,1-7H3. The van der Waals surface area contributed by atoms with E-state index in [2.05, 4.69) is 53.4 Å². The first-order valence-corrected chi connectivity index (χ1v) is 15.8. The van der Waals surface area contributed by atoms with Crippen LogP contribution in [-0.2, 0) is 4.79 Å². The number of rotatable bonds is 23. The van der Waals surface area contributed by atoms with Gasteiger partial charge in [0.05, 0.1) is 0 Å². The van der Waals surface area contributed by atoms with Crippen molar-refractivity contribution in [2.24, 2.45) is 10.8 Å². The van der Waals surface area contributed by atoms with Crippen LogP contribution in [0, 0.1) is 10.8 Å². The van der Waals surface area contributed by atoms with E-state index in [9.17, 15) is 4.79 Å². The number of carbonyl (C=O) groups excluding carboxylic acids is 1. The lowest BCUT2D eigenvalue weighted by Gasteiger charge is -2.36. The molecule has 0 bridgehead atoms. The molecule has 0 aliphatic heterocycles. The maximum absolute atomic E-state index is 13.1. The van der Waals surface area contributed by atoms with Crippen molar-refractivity contribution in [1.82, 2.24) is 4.90 Å². The molecule has 0 aromatic carbocycles. The second-order valence-corrected chi connectivity index (χ2v) is 12.4. The number of amides is 1. The van der Waals surface area contributed by atoms with Crippen LogP contribution in [0.2, 0.25) is 0 Å². The van der Waals surface area contributed by atoms with Gasteiger partial charge in [-0.3, -0.25) is 4.79 Å². The summed E-state index contributed by atoms with van der Waals surface area (Å²) in [6, 6.07) is 0. The first-order chi connectivity index (χ1) is 15.8. The van der Waals surface area contributed by atoms with Crippen molar-refractivity contribution in [2.45, 2.75) is 151 Å². The third-order valence-corrected chi connectivity index (χ3v) is 8.90. The number of unbranched alkanes of at least 4 members (excludes halogenated alkanes) is 7. The summed E-state index contributed by atoms with van der Waals surface area (Å²) >= 11 is 2.02. The monoisotopic (exact) mass is 483 g/mol.